The summed E-state index contributed by atoms with van der Waals surface area (Å²) >= 11 is 0. The number of rotatable bonds is 6. The summed E-state index contributed by atoms with van der Waals surface area (Å²) in [5.41, 5.74) is 2.78. The first-order chi connectivity index (χ1) is 11.7. The zero-order valence-electron chi connectivity index (χ0n) is 14.8. The molecule has 0 aliphatic heterocycles. The molecule has 0 N–H and O–H groups in total. The predicted octanol–water partition coefficient (Wildman–Crippen LogP) is 5.07. The Morgan fingerprint density at radius 3 is 1.58 bits per heavy atom. The van der Waals surface area contributed by atoms with E-state index in [9.17, 15) is 9.59 Å². The van der Waals surface area contributed by atoms with Gasteiger partial charge in [0.05, 0.1) is 0 Å². The molecule has 2 unspecified atom stereocenters. The fraction of sp³-hybridized carbons (Fsp3) is 0.636. The van der Waals surface area contributed by atoms with E-state index in [0.29, 0.717) is 11.6 Å². The van der Waals surface area contributed by atoms with E-state index < -0.39 is 0 Å². The lowest BCUT2D eigenvalue weighted by Crippen LogP contribution is -2.20. The van der Waals surface area contributed by atoms with Crippen molar-refractivity contribution in [3.05, 3.63) is 35.4 Å². The topological polar surface area (TPSA) is 34.1 Å². The number of hydrogen-bond acceptors (Lipinski definition) is 2. The van der Waals surface area contributed by atoms with Gasteiger partial charge in [-0.3, -0.25) is 9.59 Å². The molecule has 2 heteroatoms. The number of carbonyl (C=O) groups excluding carboxylic acids is 2. The fourth-order valence-electron chi connectivity index (χ4n) is 4.43. The SMILES string of the molecule is O=C1CCCCC1CCc1ccccc1CCC1CCCCC1=O. The summed E-state index contributed by atoms with van der Waals surface area (Å²) in [6.45, 7) is 0. The highest BCUT2D eigenvalue weighted by atomic mass is 16.1. The standard InChI is InChI=1S/C22H30O2/c23-21-11-5-3-9-19(21)15-13-17-7-1-2-8-18(17)14-16-20-10-4-6-12-22(20)24/h1-2,7-8,19-20H,3-6,9-16H2. The van der Waals surface area contributed by atoms with Gasteiger partial charge in [-0.05, 0) is 62.5 Å². The van der Waals surface area contributed by atoms with Crippen LogP contribution < -0.4 is 0 Å². The molecule has 1 aromatic rings. The van der Waals surface area contributed by atoms with E-state index >= 15 is 0 Å². The van der Waals surface area contributed by atoms with Crippen LogP contribution in [0.25, 0.3) is 0 Å². The lowest BCUT2D eigenvalue weighted by Gasteiger charge is -2.22. The first kappa shape index (κ1) is 17.4. The number of hydrogen-bond donors (Lipinski definition) is 0. The highest BCUT2D eigenvalue weighted by molar-refractivity contribution is 5.82. The maximum absolute atomic E-state index is 12.0. The first-order valence-electron chi connectivity index (χ1n) is 9.86. The Kier molecular flexibility index (Phi) is 6.23. The fourth-order valence-corrected chi connectivity index (χ4v) is 4.43. The van der Waals surface area contributed by atoms with Crippen molar-refractivity contribution in [2.24, 2.45) is 11.8 Å². The van der Waals surface area contributed by atoms with Gasteiger partial charge in [0.15, 0.2) is 0 Å². The largest absolute Gasteiger partial charge is 0.299 e. The van der Waals surface area contributed by atoms with Crippen LogP contribution in [0.3, 0.4) is 0 Å². The Bertz CT molecular complexity index is 524. The number of carbonyl (C=O) groups is 2. The van der Waals surface area contributed by atoms with Crippen molar-refractivity contribution < 1.29 is 9.59 Å². The van der Waals surface area contributed by atoms with Crippen molar-refractivity contribution in [1.82, 2.24) is 0 Å². The summed E-state index contributed by atoms with van der Waals surface area (Å²) in [4.78, 5) is 24.1. The minimum Gasteiger partial charge on any atom is -0.299 e. The van der Waals surface area contributed by atoms with E-state index in [1.165, 1.54) is 24.0 Å². The molecule has 2 aliphatic carbocycles. The molecule has 2 aliphatic rings. The van der Waals surface area contributed by atoms with Gasteiger partial charge in [0.1, 0.15) is 11.6 Å². The third-order valence-corrected chi connectivity index (χ3v) is 6.00. The van der Waals surface area contributed by atoms with Gasteiger partial charge in [-0.15, -0.1) is 0 Å². The van der Waals surface area contributed by atoms with Crippen molar-refractivity contribution in [3.63, 3.8) is 0 Å². The Balaban J connectivity index is 1.56. The molecule has 130 valence electrons. The molecule has 1 aromatic carbocycles. The Morgan fingerprint density at radius 1 is 0.708 bits per heavy atom. The molecule has 2 nitrogen and oxygen atoms in total. The van der Waals surface area contributed by atoms with Crippen LogP contribution in [0.2, 0.25) is 0 Å². The van der Waals surface area contributed by atoms with Crippen molar-refractivity contribution in [2.75, 3.05) is 0 Å². The molecular weight excluding hydrogens is 296 g/mol. The number of Topliss-reactive ketones (excluding diaryl/α,β-unsaturated/α-hetero) is 2. The molecule has 24 heavy (non-hydrogen) atoms. The maximum atomic E-state index is 12.0. The Hall–Kier alpha value is -1.44. The van der Waals surface area contributed by atoms with Crippen molar-refractivity contribution in [1.29, 1.82) is 0 Å². The molecule has 0 bridgehead atoms. The second-order valence-corrected chi connectivity index (χ2v) is 7.66. The second-order valence-electron chi connectivity index (χ2n) is 7.66. The Labute approximate surface area is 146 Å². The van der Waals surface area contributed by atoms with Gasteiger partial charge >= 0.3 is 0 Å². The van der Waals surface area contributed by atoms with Gasteiger partial charge in [0.2, 0.25) is 0 Å². The minimum atomic E-state index is 0.284. The first-order valence-corrected chi connectivity index (χ1v) is 9.86. The van der Waals surface area contributed by atoms with Gasteiger partial charge in [0.25, 0.3) is 0 Å². The van der Waals surface area contributed by atoms with Gasteiger partial charge in [-0.2, -0.15) is 0 Å². The van der Waals surface area contributed by atoms with E-state index in [0.717, 1.165) is 64.2 Å². The molecule has 0 heterocycles. The summed E-state index contributed by atoms with van der Waals surface area (Å²) in [5, 5.41) is 0. The molecule has 0 radical (unpaired) electrons. The molecule has 3 rings (SSSR count). The lowest BCUT2D eigenvalue weighted by atomic mass is 9.82. The predicted molar refractivity (Wildman–Crippen MR) is 97.0 cm³/mol. The highest BCUT2D eigenvalue weighted by Crippen LogP contribution is 2.28. The van der Waals surface area contributed by atoms with Gasteiger partial charge in [-0.1, -0.05) is 37.1 Å². The van der Waals surface area contributed by atoms with Gasteiger partial charge in [0, 0.05) is 24.7 Å². The normalized spacial score (nSPS) is 25.0. The van der Waals surface area contributed by atoms with Crippen molar-refractivity contribution in [2.45, 2.75) is 77.0 Å². The van der Waals surface area contributed by atoms with Gasteiger partial charge in [-0.25, -0.2) is 0 Å². The summed E-state index contributed by atoms with van der Waals surface area (Å²) < 4.78 is 0. The molecule has 0 saturated heterocycles. The zero-order chi connectivity index (χ0) is 16.8. The molecule has 2 saturated carbocycles. The number of benzene rings is 1. The molecule has 0 aromatic heterocycles. The lowest BCUT2D eigenvalue weighted by molar-refractivity contribution is -0.125. The van der Waals surface area contributed by atoms with E-state index in [1.54, 1.807) is 0 Å². The summed E-state index contributed by atoms with van der Waals surface area (Å²) in [6.07, 6.45) is 12.3. The number of ketones is 2. The smallest absolute Gasteiger partial charge is 0.135 e. The third kappa shape index (κ3) is 4.55. The summed E-state index contributed by atoms with van der Waals surface area (Å²) in [6, 6.07) is 8.64. The second kappa shape index (κ2) is 8.60. The molecule has 0 amide bonds. The zero-order valence-corrected chi connectivity index (χ0v) is 14.8. The van der Waals surface area contributed by atoms with E-state index in [-0.39, 0.29) is 11.8 Å². The van der Waals surface area contributed by atoms with Crippen LogP contribution >= 0.6 is 0 Å². The van der Waals surface area contributed by atoms with Crippen LogP contribution in [0.5, 0.6) is 0 Å². The van der Waals surface area contributed by atoms with E-state index in [4.69, 9.17) is 0 Å². The maximum Gasteiger partial charge on any atom is 0.135 e. The van der Waals surface area contributed by atoms with E-state index in [2.05, 4.69) is 24.3 Å². The van der Waals surface area contributed by atoms with Crippen LogP contribution in [-0.4, -0.2) is 11.6 Å². The molecule has 2 fully saturated rings. The molecule has 0 spiro atoms. The highest BCUT2D eigenvalue weighted by Gasteiger charge is 2.23. The van der Waals surface area contributed by atoms with Crippen LogP contribution in [0, 0.1) is 11.8 Å². The summed E-state index contributed by atoms with van der Waals surface area (Å²) in [7, 11) is 0. The third-order valence-electron chi connectivity index (χ3n) is 6.00. The van der Waals surface area contributed by atoms with Gasteiger partial charge < -0.3 is 0 Å². The van der Waals surface area contributed by atoms with Crippen LogP contribution in [-0.2, 0) is 22.4 Å². The summed E-state index contributed by atoms with van der Waals surface area (Å²) in [5.74, 6) is 1.52. The number of aryl methyl sites for hydroxylation is 2. The van der Waals surface area contributed by atoms with Crippen molar-refractivity contribution >= 4 is 11.6 Å². The molecule has 2 atom stereocenters. The quantitative estimate of drug-likeness (QED) is 0.731. The van der Waals surface area contributed by atoms with Crippen LogP contribution in [0.15, 0.2) is 24.3 Å². The molecular formula is C22H30O2. The Morgan fingerprint density at radius 2 is 1.17 bits per heavy atom. The average molecular weight is 326 g/mol. The minimum absolute atomic E-state index is 0.284. The van der Waals surface area contributed by atoms with Crippen LogP contribution in [0.1, 0.15) is 75.3 Å². The van der Waals surface area contributed by atoms with Crippen LogP contribution in [0.4, 0.5) is 0 Å². The monoisotopic (exact) mass is 326 g/mol. The van der Waals surface area contributed by atoms with Crippen molar-refractivity contribution in [3.8, 4) is 0 Å². The average Bonchev–Trinajstić information content (AvgIpc) is 2.61. The van der Waals surface area contributed by atoms with E-state index in [1.807, 2.05) is 0 Å².